The minimum Gasteiger partial charge on any atom is -0.444 e. The summed E-state index contributed by atoms with van der Waals surface area (Å²) in [5, 5.41) is 3.42. The fourth-order valence-electron chi connectivity index (χ4n) is 4.73. The van der Waals surface area contributed by atoms with E-state index in [9.17, 15) is 14.4 Å². The van der Waals surface area contributed by atoms with E-state index >= 15 is 0 Å². The highest BCUT2D eigenvalue weighted by Crippen LogP contribution is 2.30. The van der Waals surface area contributed by atoms with Crippen LogP contribution in [0.15, 0.2) is 27.9 Å². The summed E-state index contributed by atoms with van der Waals surface area (Å²) in [5.74, 6) is 2.01. The third kappa shape index (κ3) is 4.87. The van der Waals surface area contributed by atoms with Crippen LogP contribution in [-0.2, 0) is 4.74 Å². The van der Waals surface area contributed by atoms with Crippen LogP contribution in [0.5, 0.6) is 0 Å². The Balaban J connectivity index is 1.59. The van der Waals surface area contributed by atoms with Crippen molar-refractivity contribution in [2.45, 2.75) is 83.0 Å². The molecule has 1 amide bonds. The Morgan fingerprint density at radius 3 is 2.38 bits per heavy atom. The van der Waals surface area contributed by atoms with Crippen LogP contribution in [-0.4, -0.2) is 43.4 Å². The molecular weight excluding hydrogens is 428 g/mol. The zero-order valence-electron chi connectivity index (χ0n) is 19.0. The Labute approximate surface area is 191 Å². The number of aromatic nitrogens is 3. The first kappa shape index (κ1) is 22.9. The monoisotopic (exact) mass is 460 g/mol. The minimum absolute atomic E-state index is 0.0171. The predicted molar refractivity (Wildman–Crippen MR) is 127 cm³/mol. The molecule has 4 rings (SSSR count). The van der Waals surface area contributed by atoms with Crippen molar-refractivity contribution >= 4 is 28.9 Å². The van der Waals surface area contributed by atoms with Gasteiger partial charge < -0.3 is 10.1 Å². The molecule has 0 unspecified atom stereocenters. The second-order valence-electron chi connectivity index (χ2n) is 9.70. The third-order valence-electron chi connectivity index (χ3n) is 6.21. The number of ether oxygens (including phenoxy) is 1. The lowest BCUT2D eigenvalue weighted by Gasteiger charge is -2.32. The van der Waals surface area contributed by atoms with Crippen LogP contribution in [0.1, 0.15) is 71.4 Å². The molecule has 0 aromatic carbocycles. The molecule has 1 saturated carbocycles. The lowest BCUT2D eigenvalue weighted by Crippen LogP contribution is -2.47. The Morgan fingerprint density at radius 2 is 1.72 bits per heavy atom. The zero-order chi connectivity index (χ0) is 22.9. The van der Waals surface area contributed by atoms with Crippen molar-refractivity contribution < 1.29 is 9.53 Å². The number of thioether (sulfide) groups is 1. The lowest BCUT2D eigenvalue weighted by molar-refractivity contribution is 0.0487. The number of carbonyl (C=O) groups is 1. The van der Waals surface area contributed by atoms with Gasteiger partial charge in [-0.2, -0.15) is 11.8 Å². The molecule has 0 bridgehead atoms. The fraction of sp³-hybridized carbons (Fsp3) is 0.652. The van der Waals surface area contributed by atoms with E-state index in [0.717, 1.165) is 24.3 Å². The molecule has 1 saturated heterocycles. The van der Waals surface area contributed by atoms with Gasteiger partial charge in [-0.3, -0.25) is 13.9 Å². The van der Waals surface area contributed by atoms with Crippen molar-refractivity contribution in [2.24, 2.45) is 0 Å². The number of hydrogen-bond acceptors (Lipinski definition) is 6. The number of fused-ring (bicyclic) bond motifs is 1. The van der Waals surface area contributed by atoms with Gasteiger partial charge in [0, 0.05) is 24.3 Å². The molecule has 2 aromatic rings. The molecule has 2 aromatic heterocycles. The number of nitrogens with one attached hydrogen (secondary N) is 1. The van der Waals surface area contributed by atoms with Gasteiger partial charge in [0.15, 0.2) is 0 Å². The second kappa shape index (κ2) is 9.29. The van der Waals surface area contributed by atoms with Crippen molar-refractivity contribution in [3.8, 4) is 0 Å². The topological polar surface area (TPSA) is 95.2 Å². The van der Waals surface area contributed by atoms with Gasteiger partial charge in [0.25, 0.3) is 5.56 Å². The summed E-state index contributed by atoms with van der Waals surface area (Å²) < 4.78 is 8.57. The quantitative estimate of drug-likeness (QED) is 0.752. The van der Waals surface area contributed by atoms with E-state index in [1.54, 1.807) is 22.9 Å². The molecule has 2 fully saturated rings. The Hall–Kier alpha value is -2.29. The van der Waals surface area contributed by atoms with Gasteiger partial charge in [-0.05, 0) is 82.9 Å². The highest BCUT2D eigenvalue weighted by Gasteiger charge is 2.30. The molecule has 1 N–H and O–H groups in total. The van der Waals surface area contributed by atoms with Crippen molar-refractivity contribution in [1.29, 1.82) is 0 Å². The molecular formula is C23H32N4O4S. The number of carbonyl (C=O) groups excluding carboxylic acids is 1. The molecule has 0 atom stereocenters. The van der Waals surface area contributed by atoms with Crippen molar-refractivity contribution in [2.75, 3.05) is 11.5 Å². The summed E-state index contributed by atoms with van der Waals surface area (Å²) in [4.78, 5) is 43.4. The van der Waals surface area contributed by atoms with E-state index in [4.69, 9.17) is 4.74 Å². The molecule has 2 aliphatic rings. The Kier molecular flexibility index (Phi) is 6.65. The first-order chi connectivity index (χ1) is 15.2. The van der Waals surface area contributed by atoms with Crippen LogP contribution in [0, 0.1) is 0 Å². The molecule has 0 radical (unpaired) electrons. The Morgan fingerprint density at radius 1 is 1.06 bits per heavy atom. The van der Waals surface area contributed by atoms with Crippen molar-refractivity contribution in [1.82, 2.24) is 19.4 Å². The molecule has 9 heteroatoms. The van der Waals surface area contributed by atoms with Crippen LogP contribution in [0.3, 0.4) is 0 Å². The average molecular weight is 461 g/mol. The standard InChI is InChI=1S/C23H32N4O4S/c1-23(2,3)31-21(29)25-15-6-8-16(9-7-15)27-20(28)18-5-4-12-24-19(18)26(22(27)30)17-10-13-32-14-11-17/h4-5,12,15-17H,6-11,13-14H2,1-3H3,(H,25,29)/t15-,16+. The molecule has 174 valence electrons. The highest BCUT2D eigenvalue weighted by atomic mass is 32.2. The van der Waals surface area contributed by atoms with Crippen molar-refractivity contribution in [3.63, 3.8) is 0 Å². The largest absolute Gasteiger partial charge is 0.444 e. The summed E-state index contributed by atoms with van der Waals surface area (Å²) in [6.07, 6.45) is 5.73. The van der Waals surface area contributed by atoms with Gasteiger partial charge in [0.2, 0.25) is 0 Å². The summed E-state index contributed by atoms with van der Waals surface area (Å²) >= 11 is 1.90. The summed E-state index contributed by atoms with van der Waals surface area (Å²) in [7, 11) is 0. The smallest absolute Gasteiger partial charge is 0.407 e. The van der Waals surface area contributed by atoms with Crippen LogP contribution >= 0.6 is 11.8 Å². The molecule has 3 heterocycles. The van der Waals surface area contributed by atoms with E-state index in [2.05, 4.69) is 10.3 Å². The number of alkyl carbamates (subject to hydrolysis) is 1. The zero-order valence-corrected chi connectivity index (χ0v) is 19.8. The van der Waals surface area contributed by atoms with E-state index in [0.29, 0.717) is 36.7 Å². The first-order valence-corrected chi connectivity index (χ1v) is 12.6. The normalized spacial score (nSPS) is 22.6. The van der Waals surface area contributed by atoms with E-state index in [-0.39, 0.29) is 29.4 Å². The van der Waals surface area contributed by atoms with Gasteiger partial charge in [0.1, 0.15) is 11.2 Å². The molecule has 1 aliphatic heterocycles. The highest BCUT2D eigenvalue weighted by molar-refractivity contribution is 7.99. The number of pyridine rings is 1. The first-order valence-electron chi connectivity index (χ1n) is 11.4. The number of hydrogen-bond donors (Lipinski definition) is 1. The van der Waals surface area contributed by atoms with Gasteiger partial charge >= 0.3 is 11.8 Å². The SMILES string of the molecule is CC(C)(C)OC(=O)N[C@H]1CC[C@@H](n2c(=O)c3cccnc3n(C3CCSCC3)c2=O)CC1. The van der Waals surface area contributed by atoms with Crippen LogP contribution in [0.4, 0.5) is 4.79 Å². The van der Waals surface area contributed by atoms with Gasteiger partial charge in [-0.15, -0.1) is 0 Å². The summed E-state index contributed by atoms with van der Waals surface area (Å²) in [6.45, 7) is 5.50. The van der Waals surface area contributed by atoms with E-state index < -0.39 is 11.7 Å². The maximum absolute atomic E-state index is 13.6. The van der Waals surface area contributed by atoms with Crippen LogP contribution in [0.2, 0.25) is 0 Å². The lowest BCUT2D eigenvalue weighted by atomic mass is 9.91. The third-order valence-corrected chi connectivity index (χ3v) is 7.26. The Bertz CT molecular complexity index is 1090. The fourth-order valence-corrected chi connectivity index (χ4v) is 5.81. The molecule has 0 spiro atoms. The number of nitrogens with zero attached hydrogens (tertiary/aromatic N) is 3. The van der Waals surface area contributed by atoms with Crippen molar-refractivity contribution in [3.05, 3.63) is 39.2 Å². The van der Waals surface area contributed by atoms with Gasteiger partial charge in [0.05, 0.1) is 5.39 Å². The van der Waals surface area contributed by atoms with Gasteiger partial charge in [-0.25, -0.2) is 14.6 Å². The molecule has 8 nitrogen and oxygen atoms in total. The molecule has 1 aliphatic carbocycles. The minimum atomic E-state index is -0.545. The van der Waals surface area contributed by atoms with E-state index in [1.165, 1.54) is 4.57 Å². The maximum Gasteiger partial charge on any atom is 0.407 e. The molecule has 32 heavy (non-hydrogen) atoms. The maximum atomic E-state index is 13.6. The summed E-state index contributed by atoms with van der Waals surface area (Å²) in [5.41, 5.74) is -0.558. The predicted octanol–water partition coefficient (Wildman–Crippen LogP) is 3.63. The van der Waals surface area contributed by atoms with Crippen LogP contribution in [0.25, 0.3) is 11.0 Å². The summed E-state index contributed by atoms with van der Waals surface area (Å²) in [6, 6.07) is 3.39. The van der Waals surface area contributed by atoms with Gasteiger partial charge in [-0.1, -0.05) is 0 Å². The number of amides is 1. The average Bonchev–Trinajstić information content (AvgIpc) is 2.74. The number of rotatable bonds is 3. The second-order valence-corrected chi connectivity index (χ2v) is 10.9. The van der Waals surface area contributed by atoms with E-state index in [1.807, 2.05) is 32.5 Å². The van der Waals surface area contributed by atoms with Crippen LogP contribution < -0.4 is 16.6 Å².